The molecule has 0 aromatic heterocycles. The number of hydrogen-bond donors (Lipinski definition) is 0. The van der Waals surface area contributed by atoms with Gasteiger partial charge in [0.15, 0.2) is 0 Å². The Morgan fingerprint density at radius 2 is 1.44 bits per heavy atom. The number of rotatable bonds is 14. The SMILES string of the molecule is CCCCCCCC([B]C1(C#N)CC(C)CC1C)CCCCCCC. The molecule has 0 saturated heterocycles. The number of nitriles is 1. The normalized spacial score (nSPS) is 26.1. The molecule has 0 aliphatic heterocycles. The zero-order valence-electron chi connectivity index (χ0n) is 17.7. The molecule has 1 saturated carbocycles. The van der Waals surface area contributed by atoms with E-state index in [9.17, 15) is 5.26 Å². The lowest BCUT2D eigenvalue weighted by Crippen LogP contribution is -2.26. The maximum atomic E-state index is 9.96. The third kappa shape index (κ3) is 8.19. The molecular formula is C23H43BN. The van der Waals surface area contributed by atoms with E-state index in [2.05, 4.69) is 41.0 Å². The highest BCUT2D eigenvalue weighted by atomic mass is 14.4. The Morgan fingerprint density at radius 1 is 0.920 bits per heavy atom. The molecular weight excluding hydrogens is 301 g/mol. The summed E-state index contributed by atoms with van der Waals surface area (Å²) in [5.41, 5.74) is 0. The van der Waals surface area contributed by atoms with E-state index in [-0.39, 0.29) is 5.31 Å². The van der Waals surface area contributed by atoms with Crippen LogP contribution in [0.3, 0.4) is 0 Å². The van der Waals surface area contributed by atoms with Crippen molar-refractivity contribution in [3.63, 3.8) is 0 Å². The van der Waals surface area contributed by atoms with Crippen LogP contribution in [0.4, 0.5) is 0 Å². The minimum atomic E-state index is -0.142. The molecule has 1 rings (SSSR count). The van der Waals surface area contributed by atoms with Gasteiger partial charge in [0.25, 0.3) is 0 Å². The van der Waals surface area contributed by atoms with Crippen molar-refractivity contribution in [2.24, 2.45) is 11.8 Å². The Balaban J connectivity index is 2.51. The van der Waals surface area contributed by atoms with Gasteiger partial charge in [0.1, 0.15) is 7.28 Å². The second-order valence-corrected chi connectivity index (χ2v) is 8.93. The van der Waals surface area contributed by atoms with E-state index in [4.69, 9.17) is 0 Å². The van der Waals surface area contributed by atoms with E-state index in [1.807, 2.05) is 0 Å². The Morgan fingerprint density at radius 3 is 1.84 bits per heavy atom. The van der Waals surface area contributed by atoms with Gasteiger partial charge in [-0.3, -0.25) is 0 Å². The Labute approximate surface area is 159 Å². The fourth-order valence-corrected chi connectivity index (χ4v) is 4.85. The van der Waals surface area contributed by atoms with Gasteiger partial charge >= 0.3 is 0 Å². The second-order valence-electron chi connectivity index (χ2n) is 8.93. The van der Waals surface area contributed by atoms with Crippen LogP contribution in [-0.2, 0) is 0 Å². The summed E-state index contributed by atoms with van der Waals surface area (Å²) >= 11 is 0. The lowest BCUT2D eigenvalue weighted by molar-refractivity contribution is 0.496. The molecule has 1 nitrogen and oxygen atoms in total. The lowest BCUT2D eigenvalue weighted by Gasteiger charge is -2.30. The van der Waals surface area contributed by atoms with Crippen molar-refractivity contribution >= 4 is 7.28 Å². The smallest absolute Gasteiger partial charge is 0.141 e. The quantitative estimate of drug-likeness (QED) is 0.232. The lowest BCUT2D eigenvalue weighted by atomic mass is 9.41. The fourth-order valence-electron chi connectivity index (χ4n) is 4.85. The van der Waals surface area contributed by atoms with Crippen molar-refractivity contribution in [3.05, 3.63) is 0 Å². The van der Waals surface area contributed by atoms with E-state index in [0.29, 0.717) is 17.7 Å². The Hall–Kier alpha value is -0.445. The Kier molecular flexibility index (Phi) is 11.6. The molecule has 2 heteroatoms. The molecule has 25 heavy (non-hydrogen) atoms. The highest BCUT2D eigenvalue weighted by Gasteiger charge is 2.45. The van der Waals surface area contributed by atoms with Crippen LogP contribution < -0.4 is 0 Å². The van der Waals surface area contributed by atoms with Gasteiger partial charge < -0.3 is 0 Å². The van der Waals surface area contributed by atoms with Gasteiger partial charge in [0.05, 0.1) is 6.07 Å². The maximum absolute atomic E-state index is 9.96. The van der Waals surface area contributed by atoms with Gasteiger partial charge in [0.2, 0.25) is 0 Å². The summed E-state index contributed by atoms with van der Waals surface area (Å²) in [6, 6.07) is 2.75. The van der Waals surface area contributed by atoms with Crippen molar-refractivity contribution in [2.45, 2.75) is 129 Å². The molecule has 3 unspecified atom stereocenters. The van der Waals surface area contributed by atoms with Crippen molar-refractivity contribution in [1.82, 2.24) is 0 Å². The van der Waals surface area contributed by atoms with E-state index in [0.717, 1.165) is 6.42 Å². The molecule has 0 aromatic carbocycles. The Bertz CT molecular complexity index is 361. The molecule has 1 aliphatic rings. The average Bonchev–Trinajstić information content (AvgIpc) is 2.88. The van der Waals surface area contributed by atoms with Gasteiger partial charge in [-0.2, -0.15) is 5.26 Å². The first-order chi connectivity index (χ1) is 12.1. The molecule has 0 heterocycles. The van der Waals surface area contributed by atoms with Crippen molar-refractivity contribution in [2.75, 3.05) is 0 Å². The van der Waals surface area contributed by atoms with Crippen molar-refractivity contribution < 1.29 is 0 Å². The molecule has 1 aliphatic carbocycles. The summed E-state index contributed by atoms with van der Waals surface area (Å²) in [6.45, 7) is 9.20. The van der Waals surface area contributed by atoms with Crippen LogP contribution in [0, 0.1) is 23.2 Å². The summed E-state index contributed by atoms with van der Waals surface area (Å²) in [4.78, 5) is 0. The van der Waals surface area contributed by atoms with Crippen LogP contribution in [0.1, 0.15) is 118 Å². The third-order valence-electron chi connectivity index (χ3n) is 6.42. The maximum Gasteiger partial charge on any atom is 0.141 e. The minimum absolute atomic E-state index is 0.142. The highest BCUT2D eigenvalue weighted by molar-refractivity contribution is 6.43. The largest absolute Gasteiger partial charge is 0.199 e. The van der Waals surface area contributed by atoms with Gasteiger partial charge in [-0.05, 0) is 24.7 Å². The summed E-state index contributed by atoms with van der Waals surface area (Å²) in [5, 5.41) is 9.81. The number of unbranched alkanes of at least 4 members (excludes halogenated alkanes) is 8. The fraction of sp³-hybridized carbons (Fsp3) is 0.957. The molecule has 0 bridgehead atoms. The van der Waals surface area contributed by atoms with Crippen LogP contribution in [0.25, 0.3) is 0 Å². The summed E-state index contributed by atoms with van der Waals surface area (Å²) < 4.78 is 0. The van der Waals surface area contributed by atoms with Crippen LogP contribution in [-0.4, -0.2) is 7.28 Å². The predicted octanol–water partition coefficient (Wildman–Crippen LogP) is 7.95. The predicted molar refractivity (Wildman–Crippen MR) is 112 cm³/mol. The summed E-state index contributed by atoms with van der Waals surface area (Å²) in [5.74, 6) is 1.91. The molecule has 1 radical (unpaired) electrons. The first kappa shape index (κ1) is 22.6. The van der Waals surface area contributed by atoms with Gasteiger partial charge in [-0.25, -0.2) is 0 Å². The van der Waals surface area contributed by atoms with E-state index < -0.39 is 0 Å². The topological polar surface area (TPSA) is 23.8 Å². The standard InChI is InChI=1S/C23H43BN/c1-5-7-9-11-13-15-22(16-14-12-10-8-6-2)24-23(19-25)18-20(3)17-21(23)4/h20-22H,5-18H2,1-4H3. The molecule has 3 atom stereocenters. The van der Waals surface area contributed by atoms with Gasteiger partial charge in [0, 0.05) is 5.31 Å². The van der Waals surface area contributed by atoms with Gasteiger partial charge in [-0.15, -0.1) is 0 Å². The van der Waals surface area contributed by atoms with Crippen LogP contribution in [0.5, 0.6) is 0 Å². The van der Waals surface area contributed by atoms with Crippen LogP contribution in [0.2, 0.25) is 11.1 Å². The molecule has 0 aromatic rings. The zero-order valence-corrected chi connectivity index (χ0v) is 17.7. The number of hydrogen-bond acceptors (Lipinski definition) is 1. The second kappa shape index (κ2) is 12.8. The van der Waals surface area contributed by atoms with E-state index in [1.165, 1.54) is 83.5 Å². The monoisotopic (exact) mass is 344 g/mol. The zero-order chi connectivity index (χ0) is 18.5. The molecule has 0 amide bonds. The van der Waals surface area contributed by atoms with E-state index >= 15 is 0 Å². The summed E-state index contributed by atoms with van der Waals surface area (Å²) in [7, 11) is 2.53. The van der Waals surface area contributed by atoms with E-state index in [1.54, 1.807) is 0 Å². The highest BCUT2D eigenvalue weighted by Crippen LogP contribution is 2.53. The third-order valence-corrected chi connectivity index (χ3v) is 6.42. The van der Waals surface area contributed by atoms with Crippen LogP contribution >= 0.6 is 0 Å². The minimum Gasteiger partial charge on any atom is -0.199 e. The van der Waals surface area contributed by atoms with Crippen molar-refractivity contribution in [1.29, 1.82) is 5.26 Å². The number of nitrogens with zero attached hydrogens (tertiary/aromatic N) is 1. The van der Waals surface area contributed by atoms with Crippen LogP contribution in [0.15, 0.2) is 0 Å². The molecule has 1 fully saturated rings. The van der Waals surface area contributed by atoms with Crippen molar-refractivity contribution in [3.8, 4) is 6.07 Å². The molecule has 0 N–H and O–H groups in total. The summed E-state index contributed by atoms with van der Waals surface area (Å²) in [6.07, 6.45) is 18.5. The van der Waals surface area contributed by atoms with Gasteiger partial charge in [-0.1, -0.05) is 111 Å². The first-order valence-electron chi connectivity index (χ1n) is 11.3. The first-order valence-corrected chi connectivity index (χ1v) is 11.3. The molecule has 143 valence electrons. The molecule has 0 spiro atoms. The average molecular weight is 344 g/mol.